The van der Waals surface area contributed by atoms with Crippen molar-refractivity contribution in [1.29, 1.82) is 5.26 Å². The van der Waals surface area contributed by atoms with E-state index >= 15 is 0 Å². The van der Waals surface area contributed by atoms with Crippen LogP contribution in [0.1, 0.15) is 29.9 Å². The summed E-state index contributed by atoms with van der Waals surface area (Å²) in [6.45, 7) is 5.60. The Bertz CT molecular complexity index is 428. The van der Waals surface area contributed by atoms with Crippen LogP contribution in [0, 0.1) is 24.2 Å². The molecule has 0 aliphatic carbocycles. The van der Waals surface area contributed by atoms with Gasteiger partial charge in [-0.25, -0.2) is 0 Å². The molecule has 0 radical (unpaired) electrons. The summed E-state index contributed by atoms with van der Waals surface area (Å²) >= 11 is 0. The van der Waals surface area contributed by atoms with Gasteiger partial charge in [-0.05, 0) is 12.8 Å². The van der Waals surface area contributed by atoms with Gasteiger partial charge in [-0.15, -0.1) is 0 Å². The molecule has 0 aromatic carbocycles. The predicted octanol–water partition coefficient (Wildman–Crippen LogP) is 1.01. The maximum atomic E-state index is 11.8. The summed E-state index contributed by atoms with van der Waals surface area (Å²) in [4.78, 5) is 11.8. The van der Waals surface area contributed by atoms with Crippen LogP contribution >= 0.6 is 0 Å². The smallest absolute Gasteiger partial charge is 0.255 e. The van der Waals surface area contributed by atoms with Crippen LogP contribution < -0.4 is 5.32 Å². The lowest BCUT2D eigenvalue weighted by Gasteiger charge is -2.14. The second-order valence-corrected chi connectivity index (χ2v) is 4.09. The highest BCUT2D eigenvalue weighted by Crippen LogP contribution is 2.07. The number of nitriles is 1. The summed E-state index contributed by atoms with van der Waals surface area (Å²) in [5, 5.41) is 15.6. The molecule has 1 aromatic heterocycles. The molecule has 1 unspecified atom stereocenters. The average molecular weight is 220 g/mol. The first kappa shape index (κ1) is 12.2. The molecule has 0 saturated carbocycles. The highest BCUT2D eigenvalue weighted by atomic mass is 16.1. The Morgan fingerprint density at radius 3 is 2.62 bits per heavy atom. The molecule has 0 spiro atoms. The molecule has 1 N–H and O–H groups in total. The molecular weight excluding hydrogens is 204 g/mol. The van der Waals surface area contributed by atoms with E-state index in [1.54, 1.807) is 11.7 Å². The van der Waals surface area contributed by atoms with Crippen molar-refractivity contribution in [3.63, 3.8) is 0 Å². The van der Waals surface area contributed by atoms with Crippen molar-refractivity contribution in [3.8, 4) is 6.07 Å². The largest absolute Gasteiger partial charge is 0.336 e. The van der Waals surface area contributed by atoms with Gasteiger partial charge in [-0.2, -0.15) is 10.4 Å². The number of rotatable bonds is 3. The Morgan fingerprint density at radius 1 is 1.62 bits per heavy atom. The highest BCUT2D eigenvalue weighted by molar-refractivity contribution is 5.95. The van der Waals surface area contributed by atoms with Crippen molar-refractivity contribution in [2.45, 2.75) is 26.8 Å². The van der Waals surface area contributed by atoms with Crippen LogP contribution in [0.3, 0.4) is 0 Å². The number of nitrogens with one attached hydrogen (secondary N) is 1. The summed E-state index contributed by atoms with van der Waals surface area (Å²) in [5.41, 5.74) is 1.31. The summed E-state index contributed by atoms with van der Waals surface area (Å²) in [6, 6.07) is 1.60. The number of amides is 1. The van der Waals surface area contributed by atoms with E-state index in [-0.39, 0.29) is 11.8 Å². The maximum absolute atomic E-state index is 11.8. The quantitative estimate of drug-likeness (QED) is 0.826. The Hall–Kier alpha value is -1.83. The Morgan fingerprint density at radius 2 is 2.25 bits per heavy atom. The van der Waals surface area contributed by atoms with E-state index in [2.05, 4.69) is 16.5 Å². The Kier molecular flexibility index (Phi) is 3.67. The minimum atomic E-state index is -0.466. The lowest BCUT2D eigenvalue weighted by atomic mass is 10.1. The maximum Gasteiger partial charge on any atom is 0.255 e. The normalized spacial score (nSPS) is 12.2. The lowest BCUT2D eigenvalue weighted by Crippen LogP contribution is -2.37. The fourth-order valence-corrected chi connectivity index (χ4v) is 1.29. The van der Waals surface area contributed by atoms with E-state index in [9.17, 15) is 4.79 Å². The van der Waals surface area contributed by atoms with Crippen molar-refractivity contribution in [2.24, 2.45) is 13.0 Å². The van der Waals surface area contributed by atoms with Gasteiger partial charge in [0.05, 0.1) is 17.8 Å². The number of nitrogens with zero attached hydrogens (tertiary/aromatic N) is 3. The molecule has 1 heterocycles. The van der Waals surface area contributed by atoms with E-state index in [1.165, 1.54) is 6.20 Å². The van der Waals surface area contributed by atoms with Crippen molar-refractivity contribution < 1.29 is 4.79 Å². The van der Waals surface area contributed by atoms with Crippen molar-refractivity contribution >= 4 is 5.91 Å². The monoisotopic (exact) mass is 220 g/mol. The molecule has 5 heteroatoms. The third-order valence-corrected chi connectivity index (χ3v) is 2.57. The van der Waals surface area contributed by atoms with Gasteiger partial charge < -0.3 is 5.32 Å². The minimum Gasteiger partial charge on any atom is -0.336 e. The van der Waals surface area contributed by atoms with Crippen molar-refractivity contribution in [3.05, 3.63) is 17.5 Å². The summed E-state index contributed by atoms with van der Waals surface area (Å²) in [5.74, 6) is -0.156. The average Bonchev–Trinajstić information content (AvgIpc) is 2.55. The third-order valence-electron chi connectivity index (χ3n) is 2.57. The molecule has 1 aromatic rings. The van der Waals surface area contributed by atoms with Gasteiger partial charge in [0, 0.05) is 12.7 Å². The zero-order valence-corrected chi connectivity index (χ0v) is 9.98. The van der Waals surface area contributed by atoms with Gasteiger partial charge in [0.1, 0.15) is 6.04 Å². The standard InChI is InChI=1S/C11H16N4O/c1-7(2)10(5-12)14-11(16)9-6-13-15(4)8(9)3/h6-7,10H,1-4H3,(H,14,16). The second kappa shape index (κ2) is 4.79. The molecule has 86 valence electrons. The van der Waals surface area contributed by atoms with Crippen molar-refractivity contribution in [1.82, 2.24) is 15.1 Å². The SMILES string of the molecule is Cc1c(C(=O)NC(C#N)C(C)C)cnn1C. The molecular formula is C11H16N4O. The van der Waals surface area contributed by atoms with E-state index in [4.69, 9.17) is 5.26 Å². The molecule has 0 fully saturated rings. The lowest BCUT2D eigenvalue weighted by molar-refractivity contribution is 0.0937. The third kappa shape index (κ3) is 2.40. The topological polar surface area (TPSA) is 70.7 Å². The molecule has 0 aliphatic heterocycles. The zero-order chi connectivity index (χ0) is 12.3. The van der Waals surface area contributed by atoms with Crippen molar-refractivity contribution in [2.75, 3.05) is 0 Å². The van der Waals surface area contributed by atoms with E-state index in [0.29, 0.717) is 5.56 Å². The second-order valence-electron chi connectivity index (χ2n) is 4.09. The molecule has 16 heavy (non-hydrogen) atoms. The number of carbonyl (C=O) groups excluding carboxylic acids is 1. The first-order chi connectivity index (χ1) is 7.47. The van der Waals surface area contributed by atoms with Crippen LogP contribution in [0.5, 0.6) is 0 Å². The van der Waals surface area contributed by atoms with E-state index < -0.39 is 6.04 Å². The van der Waals surface area contributed by atoms with Crippen LogP contribution in [-0.2, 0) is 7.05 Å². The summed E-state index contributed by atoms with van der Waals surface area (Å²) in [6.07, 6.45) is 1.51. The number of carbonyl (C=O) groups is 1. The number of hydrogen-bond donors (Lipinski definition) is 1. The molecule has 1 rings (SSSR count). The minimum absolute atomic E-state index is 0.0888. The molecule has 1 atom stereocenters. The van der Waals surface area contributed by atoms with Crippen LogP contribution in [-0.4, -0.2) is 21.7 Å². The van der Waals surface area contributed by atoms with Gasteiger partial charge in [0.2, 0.25) is 0 Å². The number of aromatic nitrogens is 2. The summed E-state index contributed by atoms with van der Waals surface area (Å²) < 4.78 is 1.63. The van der Waals surface area contributed by atoms with Gasteiger partial charge in [0.15, 0.2) is 0 Å². The predicted molar refractivity (Wildman–Crippen MR) is 59.7 cm³/mol. The first-order valence-corrected chi connectivity index (χ1v) is 5.16. The Labute approximate surface area is 95.1 Å². The first-order valence-electron chi connectivity index (χ1n) is 5.16. The molecule has 5 nitrogen and oxygen atoms in total. The molecule has 0 bridgehead atoms. The molecule has 0 aliphatic rings. The van der Waals surface area contributed by atoms with Crippen LogP contribution in [0.25, 0.3) is 0 Å². The molecule has 1 amide bonds. The number of hydrogen-bond acceptors (Lipinski definition) is 3. The fraction of sp³-hybridized carbons (Fsp3) is 0.545. The zero-order valence-electron chi connectivity index (χ0n) is 9.98. The number of aryl methyl sites for hydroxylation is 1. The van der Waals surface area contributed by atoms with Gasteiger partial charge in [0.25, 0.3) is 5.91 Å². The van der Waals surface area contributed by atoms with Gasteiger partial charge >= 0.3 is 0 Å². The van der Waals surface area contributed by atoms with E-state index in [1.807, 2.05) is 20.8 Å². The van der Waals surface area contributed by atoms with Crippen LogP contribution in [0.4, 0.5) is 0 Å². The molecule has 0 saturated heterocycles. The van der Waals surface area contributed by atoms with E-state index in [0.717, 1.165) is 5.69 Å². The van der Waals surface area contributed by atoms with Crippen LogP contribution in [0.15, 0.2) is 6.20 Å². The summed E-state index contributed by atoms with van der Waals surface area (Å²) in [7, 11) is 1.77. The Balaban J connectivity index is 2.81. The highest BCUT2D eigenvalue weighted by Gasteiger charge is 2.19. The fourth-order valence-electron chi connectivity index (χ4n) is 1.29. The van der Waals surface area contributed by atoms with Gasteiger partial charge in [-0.3, -0.25) is 9.48 Å². The van der Waals surface area contributed by atoms with Crippen LogP contribution in [0.2, 0.25) is 0 Å². The van der Waals surface area contributed by atoms with Gasteiger partial charge in [-0.1, -0.05) is 13.8 Å².